The van der Waals surface area contributed by atoms with Gasteiger partial charge in [0.1, 0.15) is 11.9 Å². The number of aldehydes is 1. The fraction of sp³-hybridized carbons (Fsp3) is 0.444. The molecule has 0 radical (unpaired) electrons. The van der Waals surface area contributed by atoms with Gasteiger partial charge in [-0.25, -0.2) is 9.37 Å². The summed E-state index contributed by atoms with van der Waals surface area (Å²) in [6.45, 7) is 6.16. The second kappa shape index (κ2) is 12.1. The summed E-state index contributed by atoms with van der Waals surface area (Å²) in [5, 5.41) is 11.2. The Bertz CT molecular complexity index is 1340. The van der Waals surface area contributed by atoms with Crippen LogP contribution < -0.4 is 5.56 Å². The standard InChI is InChI=1S/C23H21FN2O4.C2H6OS.C2H6/c1-11-12-4-3-5-13-15-8-26-19(22(15)25-18(21(12)13)7-17(11)24)6-14(20(28)9-27)16(10-30-2)23(26)29;1-3-4-2;1-2/h6-7,9,20,28H,3-5,8,10H2,1-2H3;1-2H3;1-2H3. The number of carbonyl (C=O) groups excluding carboxylic acids is 1. The summed E-state index contributed by atoms with van der Waals surface area (Å²) in [5.74, 6) is -0.277. The number of halogens is 1. The maximum atomic E-state index is 14.5. The minimum absolute atomic E-state index is 0.00743. The van der Waals surface area contributed by atoms with Gasteiger partial charge < -0.3 is 23.4 Å². The summed E-state index contributed by atoms with van der Waals surface area (Å²) in [5.41, 5.74) is 5.67. The van der Waals surface area contributed by atoms with Gasteiger partial charge in [0, 0.05) is 41.5 Å². The molecular weight excluding hydrogens is 483 g/mol. The van der Waals surface area contributed by atoms with Gasteiger partial charge in [-0.2, -0.15) is 0 Å². The number of hydrogen-bond donors (Lipinski definition) is 1. The van der Waals surface area contributed by atoms with Crippen LogP contribution in [0.2, 0.25) is 0 Å². The number of rotatable bonds is 5. The second-order valence-electron chi connectivity index (χ2n) is 8.33. The van der Waals surface area contributed by atoms with Gasteiger partial charge in [0.25, 0.3) is 5.56 Å². The lowest BCUT2D eigenvalue weighted by Gasteiger charge is -2.21. The van der Waals surface area contributed by atoms with Crippen molar-refractivity contribution in [2.75, 3.05) is 20.5 Å². The number of benzene rings is 1. The van der Waals surface area contributed by atoms with Crippen LogP contribution in [0.4, 0.5) is 4.39 Å². The van der Waals surface area contributed by atoms with E-state index in [0.29, 0.717) is 35.3 Å². The molecule has 0 amide bonds. The smallest absolute Gasteiger partial charge is 0.257 e. The highest BCUT2D eigenvalue weighted by atomic mass is 32.2. The van der Waals surface area contributed by atoms with E-state index in [9.17, 15) is 19.1 Å². The average molecular weight is 517 g/mol. The van der Waals surface area contributed by atoms with Gasteiger partial charge in [0.2, 0.25) is 0 Å². The molecule has 1 atom stereocenters. The van der Waals surface area contributed by atoms with E-state index in [4.69, 9.17) is 9.72 Å². The summed E-state index contributed by atoms with van der Waals surface area (Å²) in [7, 11) is 3.10. The van der Waals surface area contributed by atoms with Gasteiger partial charge in [-0.15, -0.1) is 0 Å². The molecule has 0 saturated carbocycles. The molecule has 2 aromatic heterocycles. The van der Waals surface area contributed by atoms with Gasteiger partial charge in [-0.3, -0.25) is 4.79 Å². The van der Waals surface area contributed by atoms with Crippen molar-refractivity contribution in [1.82, 2.24) is 9.55 Å². The number of hydrogen-bond acceptors (Lipinski definition) is 7. The van der Waals surface area contributed by atoms with Crippen LogP contribution in [0.25, 0.3) is 22.3 Å². The fourth-order valence-corrected chi connectivity index (χ4v) is 4.95. The average Bonchev–Trinajstić information content (AvgIpc) is 3.28. The van der Waals surface area contributed by atoms with E-state index >= 15 is 0 Å². The summed E-state index contributed by atoms with van der Waals surface area (Å²) in [6, 6.07) is 3.10. The molecule has 0 bridgehead atoms. The highest BCUT2D eigenvalue weighted by molar-refractivity contribution is 7.93. The van der Waals surface area contributed by atoms with Crippen LogP contribution in [-0.2, 0) is 39.7 Å². The number of fused-ring (bicyclic) bond motifs is 4. The molecule has 1 aromatic carbocycles. The topological polar surface area (TPSA) is 90.7 Å². The number of aliphatic hydroxyl groups is 1. The molecule has 9 heteroatoms. The molecule has 36 heavy (non-hydrogen) atoms. The zero-order valence-electron chi connectivity index (χ0n) is 21.6. The molecule has 1 aliphatic carbocycles. The molecule has 0 fully saturated rings. The van der Waals surface area contributed by atoms with E-state index < -0.39 is 6.10 Å². The molecule has 7 nitrogen and oxygen atoms in total. The summed E-state index contributed by atoms with van der Waals surface area (Å²) in [4.78, 5) is 29.2. The minimum atomic E-state index is -1.43. The first-order valence-electron chi connectivity index (χ1n) is 12.0. The van der Waals surface area contributed by atoms with Crippen LogP contribution in [-0.4, -0.2) is 41.4 Å². The van der Waals surface area contributed by atoms with E-state index in [1.165, 1.54) is 25.2 Å². The normalized spacial score (nSPS) is 13.7. The molecule has 5 rings (SSSR count). The van der Waals surface area contributed by atoms with Crippen molar-refractivity contribution >= 4 is 29.2 Å². The van der Waals surface area contributed by atoms with Crippen LogP contribution in [0.3, 0.4) is 0 Å². The highest BCUT2D eigenvalue weighted by Gasteiger charge is 2.31. The number of aryl methyl sites for hydroxylation is 2. The largest absolute Gasteiger partial charge is 0.381 e. The van der Waals surface area contributed by atoms with Crippen LogP contribution in [0.15, 0.2) is 16.9 Å². The van der Waals surface area contributed by atoms with Crippen molar-refractivity contribution in [3.8, 4) is 11.4 Å². The van der Waals surface area contributed by atoms with Crippen molar-refractivity contribution in [1.29, 1.82) is 0 Å². The summed E-state index contributed by atoms with van der Waals surface area (Å²) < 4.78 is 25.7. The third-order valence-corrected chi connectivity index (χ3v) is 6.90. The predicted molar refractivity (Wildman–Crippen MR) is 141 cm³/mol. The molecule has 3 heterocycles. The molecule has 1 aliphatic heterocycles. The Morgan fingerprint density at radius 2 is 1.89 bits per heavy atom. The molecule has 194 valence electrons. The first-order chi connectivity index (χ1) is 17.4. The van der Waals surface area contributed by atoms with Crippen molar-refractivity contribution in [3.63, 3.8) is 0 Å². The Labute approximate surface area is 214 Å². The Morgan fingerprint density at radius 1 is 1.22 bits per heavy atom. The van der Waals surface area contributed by atoms with Gasteiger partial charge >= 0.3 is 0 Å². The lowest BCUT2D eigenvalue weighted by atomic mass is 9.85. The monoisotopic (exact) mass is 516 g/mol. The number of pyridine rings is 2. The zero-order chi connectivity index (χ0) is 26.6. The summed E-state index contributed by atoms with van der Waals surface area (Å²) in [6.07, 6.45) is 3.41. The fourth-order valence-electron chi connectivity index (χ4n) is 4.95. The van der Waals surface area contributed by atoms with E-state index in [1.807, 2.05) is 20.1 Å². The number of aliphatic hydroxyl groups excluding tert-OH is 1. The first kappa shape index (κ1) is 28.0. The number of aromatic nitrogens is 2. The van der Waals surface area contributed by atoms with Gasteiger partial charge in [0.05, 0.1) is 37.2 Å². The number of carbonyl (C=O) groups is 1. The van der Waals surface area contributed by atoms with E-state index in [1.54, 1.807) is 24.7 Å². The van der Waals surface area contributed by atoms with E-state index in [-0.39, 0.29) is 29.1 Å². The van der Waals surface area contributed by atoms with Crippen LogP contribution in [0.1, 0.15) is 59.8 Å². The highest BCUT2D eigenvalue weighted by Crippen LogP contribution is 2.41. The van der Waals surface area contributed by atoms with Crippen LogP contribution >= 0.6 is 12.0 Å². The third kappa shape index (κ3) is 4.85. The van der Waals surface area contributed by atoms with Gasteiger partial charge in [-0.05, 0) is 61.0 Å². The molecular formula is C27H33FN2O5S. The number of nitrogens with zero attached hydrogens (tertiary/aromatic N) is 2. The van der Waals surface area contributed by atoms with Crippen molar-refractivity contribution < 1.29 is 23.2 Å². The Kier molecular flexibility index (Phi) is 9.41. The molecule has 1 N–H and O–H groups in total. The van der Waals surface area contributed by atoms with E-state index in [2.05, 4.69) is 4.18 Å². The van der Waals surface area contributed by atoms with Crippen molar-refractivity contribution in [2.45, 2.75) is 59.3 Å². The number of methoxy groups -OCH3 is 1. The zero-order valence-corrected chi connectivity index (χ0v) is 22.4. The van der Waals surface area contributed by atoms with Crippen LogP contribution in [0.5, 0.6) is 0 Å². The van der Waals surface area contributed by atoms with Crippen molar-refractivity contribution in [2.24, 2.45) is 0 Å². The van der Waals surface area contributed by atoms with Gasteiger partial charge in [-0.1, -0.05) is 13.8 Å². The lowest BCUT2D eigenvalue weighted by molar-refractivity contribution is -0.115. The quantitative estimate of drug-likeness (QED) is 0.304. The Hall–Kier alpha value is -2.59. The maximum Gasteiger partial charge on any atom is 0.257 e. The van der Waals surface area contributed by atoms with Crippen LogP contribution in [0, 0.1) is 12.7 Å². The second-order valence-corrected chi connectivity index (χ2v) is 9.00. The molecule has 2 aliphatic rings. The molecule has 0 spiro atoms. The Balaban J connectivity index is 0.000000550. The number of ether oxygens (including phenoxy) is 1. The Morgan fingerprint density at radius 3 is 2.50 bits per heavy atom. The first-order valence-corrected chi connectivity index (χ1v) is 13.1. The van der Waals surface area contributed by atoms with Crippen molar-refractivity contribution in [3.05, 3.63) is 61.7 Å². The van der Waals surface area contributed by atoms with E-state index in [0.717, 1.165) is 41.3 Å². The summed E-state index contributed by atoms with van der Waals surface area (Å²) >= 11 is 1.36. The minimum Gasteiger partial charge on any atom is -0.381 e. The predicted octanol–water partition coefficient (Wildman–Crippen LogP) is 4.68. The molecule has 1 unspecified atom stereocenters. The van der Waals surface area contributed by atoms with Gasteiger partial charge in [0.15, 0.2) is 6.29 Å². The molecule has 3 aromatic rings. The maximum absolute atomic E-state index is 14.5. The SMILES string of the molecule is CC.COCc1c(C(O)C=O)cc2n(c1=O)Cc1c-2nc2cc(F)c(C)c3c2c1CCC3.COSC. The molecule has 0 saturated heterocycles. The lowest BCUT2D eigenvalue weighted by Crippen LogP contribution is -2.26. The third-order valence-electron chi connectivity index (χ3n) is 6.57.